The lowest BCUT2D eigenvalue weighted by Gasteiger charge is -2.31. The second-order valence-corrected chi connectivity index (χ2v) is 8.91. The molecule has 4 aromatic rings. The molecule has 1 aliphatic heterocycles. The van der Waals surface area contributed by atoms with Gasteiger partial charge in [0.05, 0.1) is 16.8 Å². The Morgan fingerprint density at radius 1 is 1.06 bits per heavy atom. The predicted octanol–water partition coefficient (Wildman–Crippen LogP) is 5.61. The summed E-state index contributed by atoms with van der Waals surface area (Å²) >= 11 is 1.63. The smallest absolute Gasteiger partial charge is 0.222 e. The molecule has 0 atom stereocenters. The number of nitrogens with one attached hydrogen (secondary N) is 1. The molecule has 0 spiro atoms. The van der Waals surface area contributed by atoms with Gasteiger partial charge in [-0.3, -0.25) is 4.90 Å². The number of thiazole rings is 1. The molecule has 3 heterocycles. The van der Waals surface area contributed by atoms with Crippen LogP contribution in [0, 0.1) is 0 Å². The van der Waals surface area contributed by atoms with E-state index in [1.54, 1.807) is 17.5 Å². The highest BCUT2D eigenvalue weighted by atomic mass is 32.1. The summed E-state index contributed by atoms with van der Waals surface area (Å²) in [6, 6.07) is 20.0. The van der Waals surface area contributed by atoms with Crippen molar-refractivity contribution in [3.8, 4) is 11.6 Å². The molecule has 0 amide bonds. The number of carbonyl (C=O) groups excluding carboxylic acids is 1. The number of hydrogen-bond donors (Lipinski definition) is 1. The van der Waals surface area contributed by atoms with E-state index < -0.39 is 0 Å². The van der Waals surface area contributed by atoms with E-state index in [1.807, 2.05) is 48.5 Å². The molecule has 2 aromatic carbocycles. The van der Waals surface area contributed by atoms with Gasteiger partial charge in [-0.05, 0) is 74.3 Å². The van der Waals surface area contributed by atoms with Gasteiger partial charge in [-0.25, -0.2) is 9.97 Å². The van der Waals surface area contributed by atoms with E-state index in [4.69, 9.17) is 4.74 Å². The Hall–Kier alpha value is -3.29. The van der Waals surface area contributed by atoms with Gasteiger partial charge in [-0.15, -0.1) is 0 Å². The maximum absolute atomic E-state index is 10.8. The molecule has 0 unspecified atom stereocenters. The number of hydrogen-bond acceptors (Lipinski definition) is 7. The van der Waals surface area contributed by atoms with E-state index >= 15 is 0 Å². The van der Waals surface area contributed by atoms with Crippen molar-refractivity contribution in [3.05, 3.63) is 72.4 Å². The van der Waals surface area contributed by atoms with Crippen molar-refractivity contribution < 1.29 is 9.53 Å². The number of piperidine rings is 1. The summed E-state index contributed by atoms with van der Waals surface area (Å²) in [7, 11) is 0. The minimum absolute atomic E-state index is 0.390. The van der Waals surface area contributed by atoms with Crippen LogP contribution in [0.15, 0.2) is 66.9 Å². The molecule has 1 N–H and O–H groups in total. The normalized spacial score (nSPS) is 15.0. The molecule has 1 saturated heterocycles. The van der Waals surface area contributed by atoms with Crippen LogP contribution < -0.4 is 10.1 Å². The molecule has 0 aliphatic carbocycles. The van der Waals surface area contributed by atoms with Gasteiger partial charge in [0.25, 0.3) is 0 Å². The maximum Gasteiger partial charge on any atom is 0.222 e. The second kappa shape index (κ2) is 9.46. The molecule has 1 fully saturated rings. The predicted molar refractivity (Wildman–Crippen MR) is 128 cm³/mol. The summed E-state index contributed by atoms with van der Waals surface area (Å²) in [4.78, 5) is 22.1. The zero-order valence-electron chi connectivity index (χ0n) is 17.6. The minimum Gasteiger partial charge on any atom is -0.439 e. The molecule has 2 aromatic heterocycles. The standard InChI is InChI=1S/C25H24N4O2S/c30-17-16-29-14-11-18(12-15-29)21-4-3-13-26-24(21)31-20-9-7-19(8-10-20)27-25-28-22-5-1-2-6-23(22)32-25/h1-10,13,17-18H,11-12,14-16H2,(H,27,28). The summed E-state index contributed by atoms with van der Waals surface area (Å²) in [5.74, 6) is 1.80. The number of benzene rings is 2. The average molecular weight is 445 g/mol. The van der Waals surface area contributed by atoms with Crippen LogP contribution in [0.5, 0.6) is 11.6 Å². The van der Waals surface area contributed by atoms with Gasteiger partial charge in [0, 0.05) is 17.4 Å². The Balaban J connectivity index is 1.26. The van der Waals surface area contributed by atoms with E-state index in [2.05, 4.69) is 32.3 Å². The number of anilines is 2. The number of ether oxygens (including phenoxy) is 1. The number of fused-ring (bicyclic) bond motifs is 1. The molecule has 32 heavy (non-hydrogen) atoms. The Bertz CT molecular complexity index is 1170. The summed E-state index contributed by atoms with van der Waals surface area (Å²) in [5, 5.41) is 4.24. The number of aromatic nitrogens is 2. The molecule has 0 radical (unpaired) electrons. The summed E-state index contributed by atoms with van der Waals surface area (Å²) in [5.41, 5.74) is 3.09. The van der Waals surface area contributed by atoms with E-state index in [0.717, 1.165) is 64.6 Å². The quantitative estimate of drug-likeness (QED) is 0.374. The van der Waals surface area contributed by atoms with Crippen LogP contribution in [0.3, 0.4) is 0 Å². The van der Waals surface area contributed by atoms with Crippen molar-refractivity contribution in [2.24, 2.45) is 0 Å². The Kier molecular flexibility index (Phi) is 6.09. The largest absolute Gasteiger partial charge is 0.439 e. The van der Waals surface area contributed by atoms with Crippen molar-refractivity contribution >= 4 is 38.7 Å². The van der Waals surface area contributed by atoms with Crippen molar-refractivity contribution in [2.45, 2.75) is 18.8 Å². The summed E-state index contributed by atoms with van der Waals surface area (Å²) in [6.07, 6.45) is 4.75. The van der Waals surface area contributed by atoms with Gasteiger partial charge in [0.2, 0.25) is 5.88 Å². The third-order valence-corrected chi connectivity index (χ3v) is 6.73. The first kappa shape index (κ1) is 20.6. The van der Waals surface area contributed by atoms with Gasteiger partial charge in [0.15, 0.2) is 5.13 Å². The molecule has 1 aliphatic rings. The second-order valence-electron chi connectivity index (χ2n) is 7.88. The maximum atomic E-state index is 10.8. The monoisotopic (exact) mass is 444 g/mol. The highest BCUT2D eigenvalue weighted by molar-refractivity contribution is 7.22. The van der Waals surface area contributed by atoms with Gasteiger partial charge < -0.3 is 14.8 Å². The third kappa shape index (κ3) is 4.64. The van der Waals surface area contributed by atoms with Crippen LogP contribution in [0.4, 0.5) is 10.8 Å². The number of para-hydroxylation sites is 1. The van der Waals surface area contributed by atoms with Crippen molar-refractivity contribution in [1.29, 1.82) is 0 Å². The lowest BCUT2D eigenvalue weighted by atomic mass is 9.90. The van der Waals surface area contributed by atoms with Crippen LogP contribution in [0.25, 0.3) is 10.2 Å². The number of nitrogens with zero attached hydrogens (tertiary/aromatic N) is 3. The Labute approximate surface area is 190 Å². The highest BCUT2D eigenvalue weighted by Crippen LogP contribution is 2.35. The van der Waals surface area contributed by atoms with Gasteiger partial charge in [0.1, 0.15) is 12.0 Å². The van der Waals surface area contributed by atoms with Crippen LogP contribution in [-0.2, 0) is 4.79 Å². The van der Waals surface area contributed by atoms with Crippen molar-refractivity contribution in [3.63, 3.8) is 0 Å². The fourth-order valence-electron chi connectivity index (χ4n) is 4.10. The van der Waals surface area contributed by atoms with Gasteiger partial charge in [-0.1, -0.05) is 29.5 Å². The van der Waals surface area contributed by atoms with E-state index in [1.165, 1.54) is 0 Å². The van der Waals surface area contributed by atoms with E-state index in [-0.39, 0.29) is 0 Å². The summed E-state index contributed by atoms with van der Waals surface area (Å²) in [6.45, 7) is 2.36. The highest BCUT2D eigenvalue weighted by Gasteiger charge is 2.23. The number of likely N-dealkylation sites (tertiary alicyclic amines) is 1. The first-order chi connectivity index (χ1) is 15.8. The molecule has 162 valence electrons. The van der Waals surface area contributed by atoms with E-state index in [0.29, 0.717) is 18.3 Å². The van der Waals surface area contributed by atoms with Crippen LogP contribution in [0.2, 0.25) is 0 Å². The molecule has 6 nitrogen and oxygen atoms in total. The van der Waals surface area contributed by atoms with Crippen LogP contribution in [-0.4, -0.2) is 40.8 Å². The van der Waals surface area contributed by atoms with Gasteiger partial charge in [-0.2, -0.15) is 0 Å². The molecular weight excluding hydrogens is 420 g/mol. The fraction of sp³-hybridized carbons (Fsp3) is 0.240. The Morgan fingerprint density at radius 2 is 1.88 bits per heavy atom. The molecular formula is C25H24N4O2S. The molecule has 0 saturated carbocycles. The zero-order chi connectivity index (χ0) is 21.8. The van der Waals surface area contributed by atoms with Crippen molar-refractivity contribution in [1.82, 2.24) is 14.9 Å². The molecule has 7 heteroatoms. The fourth-order valence-corrected chi connectivity index (χ4v) is 4.98. The number of aldehydes is 1. The van der Waals surface area contributed by atoms with Crippen LogP contribution in [0.1, 0.15) is 24.3 Å². The number of carbonyl (C=O) groups is 1. The zero-order valence-corrected chi connectivity index (χ0v) is 18.4. The number of pyridine rings is 1. The third-order valence-electron chi connectivity index (χ3n) is 5.77. The first-order valence-corrected chi connectivity index (χ1v) is 11.6. The average Bonchev–Trinajstić information content (AvgIpc) is 3.24. The summed E-state index contributed by atoms with van der Waals surface area (Å²) < 4.78 is 7.33. The van der Waals surface area contributed by atoms with Crippen LogP contribution >= 0.6 is 11.3 Å². The molecule has 0 bridgehead atoms. The Morgan fingerprint density at radius 3 is 2.66 bits per heavy atom. The van der Waals surface area contributed by atoms with Crippen molar-refractivity contribution in [2.75, 3.05) is 25.0 Å². The van der Waals surface area contributed by atoms with Gasteiger partial charge >= 0.3 is 0 Å². The lowest BCUT2D eigenvalue weighted by Crippen LogP contribution is -2.34. The van der Waals surface area contributed by atoms with E-state index in [9.17, 15) is 4.79 Å². The lowest BCUT2D eigenvalue weighted by molar-refractivity contribution is -0.109. The molecule has 5 rings (SSSR count). The first-order valence-electron chi connectivity index (χ1n) is 10.8. The topological polar surface area (TPSA) is 67.4 Å². The SMILES string of the molecule is O=CCN1CCC(c2cccnc2Oc2ccc(Nc3nc4ccccc4s3)cc2)CC1. The number of rotatable bonds is 7. The minimum atomic E-state index is 0.390.